The molecule has 102 valence electrons. The van der Waals surface area contributed by atoms with Crippen molar-refractivity contribution in [2.75, 3.05) is 5.32 Å². The van der Waals surface area contributed by atoms with E-state index in [0.717, 1.165) is 5.56 Å². The van der Waals surface area contributed by atoms with Crippen molar-refractivity contribution in [2.45, 2.75) is 6.92 Å². The number of rotatable bonds is 3. The number of anilines is 1. The van der Waals surface area contributed by atoms with E-state index >= 15 is 0 Å². The lowest BCUT2D eigenvalue weighted by Gasteiger charge is -2.08. The lowest BCUT2D eigenvalue weighted by molar-refractivity contribution is -0.384. The summed E-state index contributed by atoms with van der Waals surface area (Å²) in [5.41, 5.74) is 1.17. The van der Waals surface area contributed by atoms with E-state index in [-0.39, 0.29) is 16.4 Å². The van der Waals surface area contributed by atoms with Gasteiger partial charge < -0.3 is 5.32 Å². The maximum Gasteiger partial charge on any atom is 0.274 e. The SMILES string of the molecule is Cc1cccnc1C(=O)Nc1ccc([N+](=O)[O-])cc1Cl. The molecule has 1 amide bonds. The summed E-state index contributed by atoms with van der Waals surface area (Å²) >= 11 is 5.91. The molecule has 0 saturated carbocycles. The molecule has 6 nitrogen and oxygen atoms in total. The zero-order valence-electron chi connectivity index (χ0n) is 10.5. The van der Waals surface area contributed by atoms with Gasteiger partial charge in [0.25, 0.3) is 11.6 Å². The molecule has 0 spiro atoms. The van der Waals surface area contributed by atoms with Crippen LogP contribution in [0.15, 0.2) is 36.5 Å². The van der Waals surface area contributed by atoms with Crippen LogP contribution >= 0.6 is 11.6 Å². The molecule has 0 bridgehead atoms. The normalized spacial score (nSPS) is 10.1. The van der Waals surface area contributed by atoms with Crippen molar-refractivity contribution in [3.05, 3.63) is 62.9 Å². The number of hydrogen-bond donors (Lipinski definition) is 1. The molecule has 0 radical (unpaired) electrons. The zero-order valence-corrected chi connectivity index (χ0v) is 11.2. The Hall–Kier alpha value is -2.47. The minimum Gasteiger partial charge on any atom is -0.319 e. The third-order valence-electron chi connectivity index (χ3n) is 2.64. The molecule has 2 rings (SSSR count). The number of nitro groups is 1. The van der Waals surface area contributed by atoms with Gasteiger partial charge in [0, 0.05) is 18.3 Å². The monoisotopic (exact) mass is 291 g/mol. The Morgan fingerprint density at radius 3 is 2.75 bits per heavy atom. The van der Waals surface area contributed by atoms with Crippen LogP contribution in [-0.2, 0) is 0 Å². The van der Waals surface area contributed by atoms with E-state index in [1.807, 2.05) is 0 Å². The van der Waals surface area contributed by atoms with Crippen LogP contribution in [0.4, 0.5) is 11.4 Å². The summed E-state index contributed by atoms with van der Waals surface area (Å²) in [6.07, 6.45) is 1.51. The van der Waals surface area contributed by atoms with Crippen molar-refractivity contribution in [1.82, 2.24) is 4.98 Å². The largest absolute Gasteiger partial charge is 0.319 e. The predicted molar refractivity (Wildman–Crippen MR) is 75.0 cm³/mol. The first-order chi connectivity index (χ1) is 9.49. The predicted octanol–water partition coefficient (Wildman–Crippen LogP) is 3.20. The molecule has 1 N–H and O–H groups in total. The molecular formula is C13H10ClN3O3. The van der Waals surface area contributed by atoms with Crippen LogP contribution in [0.5, 0.6) is 0 Å². The highest BCUT2D eigenvalue weighted by Crippen LogP contribution is 2.27. The molecule has 0 aliphatic heterocycles. The maximum atomic E-state index is 12.0. The second-order valence-corrected chi connectivity index (χ2v) is 4.45. The quantitative estimate of drug-likeness (QED) is 0.695. The van der Waals surface area contributed by atoms with Crippen LogP contribution in [-0.4, -0.2) is 15.8 Å². The second kappa shape index (κ2) is 5.66. The van der Waals surface area contributed by atoms with E-state index in [1.165, 1.54) is 24.4 Å². The number of amides is 1. The Balaban J connectivity index is 2.25. The Morgan fingerprint density at radius 1 is 1.40 bits per heavy atom. The summed E-state index contributed by atoms with van der Waals surface area (Å²) in [7, 11) is 0. The summed E-state index contributed by atoms with van der Waals surface area (Å²) in [6, 6.07) is 7.33. The molecule has 1 aromatic carbocycles. The average Bonchev–Trinajstić information content (AvgIpc) is 2.41. The summed E-state index contributed by atoms with van der Waals surface area (Å²) in [6.45, 7) is 1.76. The van der Waals surface area contributed by atoms with Gasteiger partial charge in [-0.2, -0.15) is 0 Å². The molecule has 0 aliphatic rings. The fourth-order valence-corrected chi connectivity index (χ4v) is 1.85. The van der Waals surface area contributed by atoms with Crippen LogP contribution in [0.1, 0.15) is 16.1 Å². The van der Waals surface area contributed by atoms with Gasteiger partial charge in [0.05, 0.1) is 15.6 Å². The van der Waals surface area contributed by atoms with Crippen LogP contribution in [0, 0.1) is 17.0 Å². The van der Waals surface area contributed by atoms with Crippen LogP contribution in [0.2, 0.25) is 5.02 Å². The van der Waals surface area contributed by atoms with Crippen molar-refractivity contribution in [3.63, 3.8) is 0 Å². The standard InChI is InChI=1S/C13H10ClN3O3/c1-8-3-2-6-15-12(8)13(18)16-11-5-4-9(17(19)20)7-10(11)14/h2-7H,1H3,(H,16,18). The Bertz CT molecular complexity index is 688. The number of benzene rings is 1. The van der Waals surface area contributed by atoms with Crippen molar-refractivity contribution in [2.24, 2.45) is 0 Å². The number of pyridine rings is 1. The van der Waals surface area contributed by atoms with E-state index in [4.69, 9.17) is 11.6 Å². The molecule has 7 heteroatoms. The van der Waals surface area contributed by atoms with Gasteiger partial charge in [-0.05, 0) is 24.6 Å². The number of nitro benzene ring substituents is 1. The first-order valence-corrected chi connectivity index (χ1v) is 6.04. The van der Waals surface area contributed by atoms with E-state index < -0.39 is 10.8 Å². The Kier molecular flexibility index (Phi) is 3.95. The number of halogens is 1. The summed E-state index contributed by atoms with van der Waals surface area (Å²) in [5.74, 6) is -0.418. The van der Waals surface area contributed by atoms with Gasteiger partial charge in [0.15, 0.2) is 0 Å². The van der Waals surface area contributed by atoms with Gasteiger partial charge in [-0.1, -0.05) is 17.7 Å². The number of aryl methyl sites for hydroxylation is 1. The topological polar surface area (TPSA) is 85.1 Å². The summed E-state index contributed by atoms with van der Waals surface area (Å²) in [5, 5.41) is 13.3. The highest BCUT2D eigenvalue weighted by Gasteiger charge is 2.14. The lowest BCUT2D eigenvalue weighted by Crippen LogP contribution is -2.15. The van der Waals surface area contributed by atoms with Crippen LogP contribution in [0.3, 0.4) is 0 Å². The molecular weight excluding hydrogens is 282 g/mol. The van der Waals surface area contributed by atoms with E-state index in [0.29, 0.717) is 5.69 Å². The van der Waals surface area contributed by atoms with Gasteiger partial charge >= 0.3 is 0 Å². The van der Waals surface area contributed by atoms with E-state index in [2.05, 4.69) is 10.3 Å². The molecule has 0 unspecified atom stereocenters. The molecule has 0 fully saturated rings. The number of hydrogen-bond acceptors (Lipinski definition) is 4. The number of carbonyl (C=O) groups is 1. The minimum absolute atomic E-state index is 0.0983. The fraction of sp³-hybridized carbons (Fsp3) is 0.0769. The molecule has 0 aliphatic carbocycles. The number of carbonyl (C=O) groups excluding carboxylic acids is 1. The molecule has 1 heterocycles. The third kappa shape index (κ3) is 2.92. The zero-order chi connectivity index (χ0) is 14.7. The van der Waals surface area contributed by atoms with Crippen LogP contribution < -0.4 is 5.32 Å². The van der Waals surface area contributed by atoms with E-state index in [1.54, 1.807) is 19.1 Å². The van der Waals surface area contributed by atoms with Crippen LogP contribution in [0.25, 0.3) is 0 Å². The molecule has 0 saturated heterocycles. The molecule has 20 heavy (non-hydrogen) atoms. The number of aromatic nitrogens is 1. The lowest BCUT2D eigenvalue weighted by atomic mass is 10.2. The van der Waals surface area contributed by atoms with E-state index in [9.17, 15) is 14.9 Å². The Labute approximate surface area is 119 Å². The molecule has 0 atom stereocenters. The second-order valence-electron chi connectivity index (χ2n) is 4.04. The van der Waals surface area contributed by atoms with Crippen molar-refractivity contribution >= 4 is 28.9 Å². The highest BCUT2D eigenvalue weighted by atomic mass is 35.5. The summed E-state index contributed by atoms with van der Waals surface area (Å²) < 4.78 is 0. The molecule has 2 aromatic rings. The maximum absolute atomic E-state index is 12.0. The van der Waals surface area contributed by atoms with Crippen molar-refractivity contribution in [1.29, 1.82) is 0 Å². The highest BCUT2D eigenvalue weighted by molar-refractivity contribution is 6.34. The van der Waals surface area contributed by atoms with Gasteiger partial charge in [-0.15, -0.1) is 0 Å². The van der Waals surface area contributed by atoms with Gasteiger partial charge in [0.1, 0.15) is 5.69 Å². The average molecular weight is 292 g/mol. The van der Waals surface area contributed by atoms with Crippen molar-refractivity contribution in [3.8, 4) is 0 Å². The summed E-state index contributed by atoms with van der Waals surface area (Å²) in [4.78, 5) is 26.1. The smallest absolute Gasteiger partial charge is 0.274 e. The van der Waals surface area contributed by atoms with Crippen molar-refractivity contribution < 1.29 is 9.72 Å². The van der Waals surface area contributed by atoms with Gasteiger partial charge in [-0.3, -0.25) is 19.9 Å². The number of non-ortho nitro benzene ring substituents is 1. The fourth-order valence-electron chi connectivity index (χ4n) is 1.62. The first-order valence-electron chi connectivity index (χ1n) is 5.66. The first kappa shape index (κ1) is 14.0. The number of nitrogens with zero attached hydrogens (tertiary/aromatic N) is 2. The third-order valence-corrected chi connectivity index (χ3v) is 2.95. The van der Waals surface area contributed by atoms with Gasteiger partial charge in [0.2, 0.25) is 0 Å². The Morgan fingerprint density at radius 2 is 2.15 bits per heavy atom. The van der Waals surface area contributed by atoms with Gasteiger partial charge in [-0.25, -0.2) is 0 Å². The minimum atomic E-state index is -0.555. The number of nitrogens with one attached hydrogen (secondary N) is 1. The molecule has 1 aromatic heterocycles.